The maximum atomic E-state index is 12.2. The van der Waals surface area contributed by atoms with Gasteiger partial charge < -0.3 is 14.2 Å². The fourth-order valence-electron chi connectivity index (χ4n) is 2.98. The average molecular weight is 354 g/mol. The lowest BCUT2D eigenvalue weighted by atomic mass is 10.0. The van der Waals surface area contributed by atoms with Crippen LogP contribution in [0, 0.1) is 0 Å². The SMILES string of the molecule is COc1cccc(C2=C[C@H](c3ccc(OC)c(OC)c3)N(C(C)=O)N2)c1. The van der Waals surface area contributed by atoms with Gasteiger partial charge in [-0.25, -0.2) is 5.01 Å². The molecule has 0 unspecified atom stereocenters. The van der Waals surface area contributed by atoms with E-state index in [4.69, 9.17) is 14.2 Å². The van der Waals surface area contributed by atoms with Gasteiger partial charge in [0.05, 0.1) is 33.1 Å². The number of hydrogen-bond donors (Lipinski definition) is 1. The van der Waals surface area contributed by atoms with E-state index in [1.807, 2.05) is 48.5 Å². The van der Waals surface area contributed by atoms with Crippen LogP contribution in [0.25, 0.3) is 5.70 Å². The van der Waals surface area contributed by atoms with Crippen LogP contribution in [0.5, 0.6) is 17.2 Å². The van der Waals surface area contributed by atoms with Gasteiger partial charge in [0.25, 0.3) is 0 Å². The second kappa shape index (κ2) is 7.39. The number of rotatable bonds is 5. The van der Waals surface area contributed by atoms with Crippen LogP contribution in [0.4, 0.5) is 0 Å². The van der Waals surface area contributed by atoms with Gasteiger partial charge in [-0.3, -0.25) is 10.2 Å². The van der Waals surface area contributed by atoms with E-state index in [0.29, 0.717) is 11.5 Å². The molecule has 2 aromatic carbocycles. The Kier molecular flexibility index (Phi) is 5.02. The molecule has 1 amide bonds. The third-order valence-electron chi connectivity index (χ3n) is 4.31. The Morgan fingerprint density at radius 2 is 1.77 bits per heavy atom. The predicted molar refractivity (Wildman–Crippen MR) is 98.9 cm³/mol. The fourth-order valence-corrected chi connectivity index (χ4v) is 2.98. The Morgan fingerprint density at radius 3 is 2.42 bits per heavy atom. The van der Waals surface area contributed by atoms with Gasteiger partial charge in [-0.05, 0) is 35.9 Å². The zero-order chi connectivity index (χ0) is 18.7. The molecule has 6 heteroatoms. The van der Waals surface area contributed by atoms with Crippen molar-refractivity contribution in [1.29, 1.82) is 0 Å². The molecule has 0 spiro atoms. The molecule has 1 heterocycles. The van der Waals surface area contributed by atoms with E-state index < -0.39 is 0 Å². The number of hydrogen-bond acceptors (Lipinski definition) is 5. The molecule has 1 aliphatic rings. The second-order valence-electron chi connectivity index (χ2n) is 5.87. The summed E-state index contributed by atoms with van der Waals surface area (Å²) in [4.78, 5) is 12.2. The number of carbonyl (C=O) groups is 1. The maximum absolute atomic E-state index is 12.2. The van der Waals surface area contributed by atoms with Gasteiger partial charge in [0, 0.05) is 12.5 Å². The summed E-state index contributed by atoms with van der Waals surface area (Å²) in [6.07, 6.45) is 2.01. The number of nitrogens with one attached hydrogen (secondary N) is 1. The highest BCUT2D eigenvalue weighted by atomic mass is 16.5. The molecule has 0 aliphatic carbocycles. The first-order valence-corrected chi connectivity index (χ1v) is 8.22. The van der Waals surface area contributed by atoms with Gasteiger partial charge in [-0.15, -0.1) is 0 Å². The molecule has 26 heavy (non-hydrogen) atoms. The van der Waals surface area contributed by atoms with Gasteiger partial charge in [-0.1, -0.05) is 18.2 Å². The minimum Gasteiger partial charge on any atom is -0.497 e. The summed E-state index contributed by atoms with van der Waals surface area (Å²) < 4.78 is 16.0. The number of nitrogens with zero attached hydrogens (tertiary/aromatic N) is 1. The van der Waals surface area contributed by atoms with Crippen LogP contribution in [0.3, 0.4) is 0 Å². The Morgan fingerprint density at radius 1 is 1.00 bits per heavy atom. The highest BCUT2D eigenvalue weighted by Gasteiger charge is 2.29. The zero-order valence-corrected chi connectivity index (χ0v) is 15.3. The largest absolute Gasteiger partial charge is 0.497 e. The number of ether oxygens (including phenoxy) is 3. The van der Waals surface area contributed by atoms with E-state index >= 15 is 0 Å². The topological polar surface area (TPSA) is 60.0 Å². The predicted octanol–water partition coefficient (Wildman–Crippen LogP) is 3.16. The van der Waals surface area contributed by atoms with Gasteiger partial charge >= 0.3 is 0 Å². The monoisotopic (exact) mass is 354 g/mol. The first-order valence-electron chi connectivity index (χ1n) is 8.22. The van der Waals surface area contributed by atoms with Crippen molar-refractivity contribution in [3.05, 3.63) is 59.7 Å². The van der Waals surface area contributed by atoms with Crippen molar-refractivity contribution >= 4 is 11.6 Å². The van der Waals surface area contributed by atoms with Crippen molar-refractivity contribution in [2.45, 2.75) is 13.0 Å². The molecule has 0 aromatic heterocycles. The Hall–Kier alpha value is -3.15. The molecule has 3 rings (SSSR count). The molecule has 0 bridgehead atoms. The van der Waals surface area contributed by atoms with E-state index in [9.17, 15) is 4.79 Å². The fraction of sp³-hybridized carbons (Fsp3) is 0.250. The molecule has 6 nitrogen and oxygen atoms in total. The first-order chi connectivity index (χ1) is 12.6. The van der Waals surface area contributed by atoms with Gasteiger partial charge in [0.15, 0.2) is 11.5 Å². The molecule has 0 radical (unpaired) electrons. The van der Waals surface area contributed by atoms with Crippen molar-refractivity contribution in [1.82, 2.24) is 10.4 Å². The molecule has 1 N–H and O–H groups in total. The van der Waals surface area contributed by atoms with Crippen LogP contribution >= 0.6 is 0 Å². The molecule has 136 valence electrons. The van der Waals surface area contributed by atoms with Crippen LogP contribution in [-0.4, -0.2) is 32.2 Å². The highest BCUT2D eigenvalue weighted by molar-refractivity contribution is 5.79. The lowest BCUT2D eigenvalue weighted by Gasteiger charge is -2.24. The minimum atomic E-state index is -0.256. The van der Waals surface area contributed by atoms with Crippen molar-refractivity contribution in [3.63, 3.8) is 0 Å². The second-order valence-corrected chi connectivity index (χ2v) is 5.87. The van der Waals surface area contributed by atoms with Crippen LogP contribution in [0.2, 0.25) is 0 Å². The van der Waals surface area contributed by atoms with E-state index in [-0.39, 0.29) is 11.9 Å². The maximum Gasteiger partial charge on any atom is 0.238 e. The Balaban J connectivity index is 2.00. The minimum absolute atomic E-state index is 0.0843. The summed E-state index contributed by atoms with van der Waals surface area (Å²) in [6, 6.07) is 13.1. The first kappa shape index (κ1) is 17.7. The molecule has 1 atom stereocenters. The van der Waals surface area contributed by atoms with Crippen LogP contribution in [-0.2, 0) is 4.79 Å². The van der Waals surface area contributed by atoms with E-state index in [1.54, 1.807) is 26.3 Å². The third-order valence-corrected chi connectivity index (χ3v) is 4.31. The van der Waals surface area contributed by atoms with Crippen molar-refractivity contribution < 1.29 is 19.0 Å². The number of hydrazine groups is 1. The number of methoxy groups -OCH3 is 3. The zero-order valence-electron chi connectivity index (χ0n) is 15.3. The van der Waals surface area contributed by atoms with Crippen LogP contribution in [0.15, 0.2) is 48.5 Å². The molecular formula is C20H22N2O4. The molecule has 2 aromatic rings. The van der Waals surface area contributed by atoms with E-state index in [2.05, 4.69) is 5.43 Å². The van der Waals surface area contributed by atoms with Crippen molar-refractivity contribution in [2.75, 3.05) is 21.3 Å². The Bertz CT molecular complexity index is 847. The molecule has 0 saturated heterocycles. The van der Waals surface area contributed by atoms with E-state index in [0.717, 1.165) is 22.6 Å². The summed E-state index contributed by atoms with van der Waals surface area (Å²) in [5.41, 5.74) is 5.90. The summed E-state index contributed by atoms with van der Waals surface area (Å²) in [5.74, 6) is 1.94. The summed E-state index contributed by atoms with van der Waals surface area (Å²) in [7, 11) is 4.82. The summed E-state index contributed by atoms with van der Waals surface area (Å²) >= 11 is 0. The van der Waals surface area contributed by atoms with Crippen molar-refractivity contribution in [2.24, 2.45) is 0 Å². The van der Waals surface area contributed by atoms with Gasteiger partial charge in [0.2, 0.25) is 5.91 Å². The van der Waals surface area contributed by atoms with Crippen LogP contribution < -0.4 is 19.6 Å². The Labute approximate surface area is 152 Å². The summed E-state index contributed by atoms with van der Waals surface area (Å²) in [5, 5.41) is 1.59. The normalized spacial score (nSPS) is 15.9. The van der Waals surface area contributed by atoms with Gasteiger partial charge in [-0.2, -0.15) is 0 Å². The highest BCUT2D eigenvalue weighted by Crippen LogP contribution is 2.36. The van der Waals surface area contributed by atoms with E-state index in [1.165, 1.54) is 6.92 Å². The third kappa shape index (κ3) is 3.31. The average Bonchev–Trinajstić information content (AvgIpc) is 3.13. The van der Waals surface area contributed by atoms with Gasteiger partial charge in [0.1, 0.15) is 5.75 Å². The number of amides is 1. The molecular weight excluding hydrogens is 332 g/mol. The lowest BCUT2D eigenvalue weighted by Crippen LogP contribution is -2.37. The smallest absolute Gasteiger partial charge is 0.238 e. The molecule has 1 aliphatic heterocycles. The molecule has 0 fully saturated rings. The molecule has 0 saturated carbocycles. The van der Waals surface area contributed by atoms with Crippen LogP contribution in [0.1, 0.15) is 24.1 Å². The number of benzene rings is 2. The summed E-state index contributed by atoms with van der Waals surface area (Å²) in [6.45, 7) is 1.53. The van der Waals surface area contributed by atoms with Crippen molar-refractivity contribution in [3.8, 4) is 17.2 Å². The standard InChI is InChI=1S/C20H22N2O4/c1-13(23)22-18(15-8-9-19(25-3)20(11-15)26-4)12-17(21-22)14-6-5-7-16(10-14)24-2/h5-12,18,21H,1-4H3/t18-/m1/s1. The quantitative estimate of drug-likeness (QED) is 0.894. The lowest BCUT2D eigenvalue weighted by molar-refractivity contribution is -0.132. The number of carbonyl (C=O) groups excluding carboxylic acids is 1.